The number of aryl methyl sites for hydroxylation is 4. The summed E-state index contributed by atoms with van der Waals surface area (Å²) in [6, 6.07) is 0. The van der Waals surface area contributed by atoms with Crippen LogP contribution in [0.5, 0.6) is 0 Å². The van der Waals surface area contributed by atoms with Crippen molar-refractivity contribution in [3.8, 4) is 0 Å². The van der Waals surface area contributed by atoms with E-state index in [-0.39, 0.29) is 135 Å². The van der Waals surface area contributed by atoms with Crippen molar-refractivity contribution in [2.75, 3.05) is 152 Å². The number of hydrogen-bond acceptors (Lipinski definition) is 49. The number of anilines is 3. The zero-order valence-corrected chi connectivity index (χ0v) is 89.0. The number of rotatable bonds is 56. The van der Waals surface area contributed by atoms with E-state index in [0.717, 1.165) is 51.8 Å². The lowest BCUT2D eigenvalue weighted by Crippen LogP contribution is -2.42. The Kier molecular flexibility index (Phi) is 40.6. The van der Waals surface area contributed by atoms with Crippen LogP contribution in [-0.2, 0) is 166 Å². The van der Waals surface area contributed by atoms with E-state index < -0.39 is 248 Å². The molecule has 8 aromatic heterocycles. The van der Waals surface area contributed by atoms with E-state index in [4.69, 9.17) is 174 Å². The topological polar surface area (TPSA) is 740 Å². The molecule has 0 aromatic carbocycles. The summed E-state index contributed by atoms with van der Waals surface area (Å²) in [5, 5.41) is 11.8. The third kappa shape index (κ3) is 28.4. The number of nitrogens with one attached hydrogen (secondary N) is 3. The van der Waals surface area contributed by atoms with Gasteiger partial charge in [-0.1, -0.05) is 44.9 Å². The van der Waals surface area contributed by atoms with E-state index >= 15 is 9.13 Å². The SMILES string of the molecule is CCCCCC[C@H]1O[C@@H](n2cc(C)c(=O)[nH]c2=O)CC1OP(O)(=S)OC[C@H]1O[C@@H](n2cc(C)c(N)nc2=O)C(OCCOC)C1OP(=O)(S)OC[C@H]1O[C@@H](n2cnc3c(N)ncnc32)C(OCCOC)C1OP(=O)(O)OC[C@H]1O[C@@H](n2cc(C)c(=O)[nH]c2=O)C(OCCOC)C1OP(O)(=S)OC[C@H]1O[C@@H](n2cnc3c(N)ncnc32)C(OCCOC)C1OP(O)(=S)OC[C@H]1O[C@@H](n2cc(C)c(=O)[nH]c2=O)C(OCCOC)C1O. The van der Waals surface area contributed by atoms with Crippen molar-refractivity contribution in [3.63, 3.8) is 0 Å². The number of phosphoric acid groups is 1. The minimum atomic E-state index is -5.88. The van der Waals surface area contributed by atoms with Crippen LogP contribution >= 0.6 is 47.0 Å². The molecule has 14 heterocycles. The summed E-state index contributed by atoms with van der Waals surface area (Å²) in [7, 11) is 0.931. The van der Waals surface area contributed by atoms with Gasteiger partial charge in [0.15, 0.2) is 54.1 Å². The Hall–Kier alpha value is -7.06. The molecule has 59 nitrogen and oxygen atoms in total. The van der Waals surface area contributed by atoms with Crippen LogP contribution in [-0.4, -0.2) is 340 Å². The molecule has 14 N–H and O–H groups in total. The molecular formula is C80H118N19O40P5S4. The van der Waals surface area contributed by atoms with Crippen molar-refractivity contribution in [1.29, 1.82) is 0 Å². The molecule has 0 saturated carbocycles. The minimum absolute atomic E-state index is 0.000938. The molecule has 148 heavy (non-hydrogen) atoms. The van der Waals surface area contributed by atoms with Crippen LogP contribution in [0.1, 0.15) is 105 Å². The number of H-pyrrole nitrogens is 3. The van der Waals surface area contributed by atoms with Crippen molar-refractivity contribution in [3.05, 3.63) is 145 Å². The third-order valence-corrected chi connectivity index (χ3v) is 31.6. The number of thiol groups is 1. The highest BCUT2D eigenvalue weighted by atomic mass is 32.7. The van der Waals surface area contributed by atoms with Gasteiger partial charge < -0.3 is 136 Å². The van der Waals surface area contributed by atoms with Crippen molar-refractivity contribution in [2.45, 2.75) is 214 Å². The van der Waals surface area contributed by atoms with Gasteiger partial charge in [0.05, 0.1) is 124 Å². The minimum Gasteiger partial charge on any atom is -0.387 e. The second-order valence-electron chi connectivity index (χ2n) is 34.5. The molecule has 822 valence electrons. The Balaban J connectivity index is 0.759. The smallest absolute Gasteiger partial charge is 0.387 e. The van der Waals surface area contributed by atoms with Crippen LogP contribution in [0.3, 0.4) is 0 Å². The van der Waals surface area contributed by atoms with Gasteiger partial charge in [-0.3, -0.25) is 83.9 Å². The van der Waals surface area contributed by atoms with E-state index in [1.165, 1.54) is 101 Å². The number of aromatic nitrogens is 16. The van der Waals surface area contributed by atoms with Gasteiger partial charge in [-0.2, -0.15) is 4.98 Å². The number of aromatic amines is 3. The monoisotopic (exact) mass is 2270 g/mol. The van der Waals surface area contributed by atoms with Crippen LogP contribution in [0.15, 0.2) is 83.7 Å². The number of phosphoric ester groups is 1. The fourth-order valence-electron chi connectivity index (χ4n) is 17.1. The Morgan fingerprint density at radius 1 is 0.412 bits per heavy atom. The predicted octanol–water partition coefficient (Wildman–Crippen LogP) is 0.615. The van der Waals surface area contributed by atoms with Crippen molar-refractivity contribution < 1.29 is 155 Å². The maximum absolute atomic E-state index is 15.6. The maximum atomic E-state index is 15.6. The fourth-order valence-corrected chi connectivity index (χ4v) is 23.9. The molecule has 6 fully saturated rings. The summed E-state index contributed by atoms with van der Waals surface area (Å²) in [5.74, 6) is -0.324. The second-order valence-corrected chi connectivity index (χ2v) is 47.2. The van der Waals surface area contributed by atoms with E-state index in [0.29, 0.717) is 12.8 Å². The predicted molar refractivity (Wildman–Crippen MR) is 526 cm³/mol. The lowest BCUT2D eigenvalue weighted by atomic mass is 10.1. The molecule has 6 aliphatic heterocycles. The number of aliphatic hydroxyl groups is 1. The van der Waals surface area contributed by atoms with Gasteiger partial charge in [0.1, 0.15) is 127 Å². The van der Waals surface area contributed by atoms with Gasteiger partial charge in [0.25, 0.3) is 16.7 Å². The first kappa shape index (κ1) is 116. The standard InChI is InChI=1S/C80H118N19O40P5S4/c1-11-12-13-14-15-44-45(26-51(129-44)94-28-41(3)69(101)91-78(94)105)135-141(110,145)126-34-49-57(62(122-24-19-117-9)73(132-49)95-27-40(2)64(81)90-77(95)104)138-143(112,147)127-33-48-55(60(120-22-17-115-7)75(133-48)98-38-88-52-65(82)84-36-86-67(52)98)136-140(108,109)124-32-47-56(61(121-23-18-116-8)74(131-47)97-30-43(5)71(103)93-80(97)107)137-144(113,148)128-35-50-58(63(123-25-20-118-10)76(134-50)99-39-89-53-66(83)85-37-87-68(53)99)139-142(111,146)125-31-46-54(100)59(119-21-16-114-6)72(130-46)96-29-42(4)70(102)92-79(96)106/h27-30,36-39,44-51,54-63,72-76,100H,11-26,31-35H2,1-10H3,(H,108,109)(H,110,145)(H,111,146)(H,112,147)(H,113,148)(H2,81,90,104)(H2,82,84,86)(H2,83,85,87)(H,91,101,105)(H,92,102,106)(H,93,103,107)/t44-,45?,46-,47-,48-,49-,50-,51-,54?,55?,56?,57?,58?,59?,60?,61?,62?,63?,72-,73-,74-,75-,76-,141?,142?,143?,144?/m1/s1. The zero-order chi connectivity index (χ0) is 107. The quantitative estimate of drug-likeness (QED) is 0.0141. The summed E-state index contributed by atoms with van der Waals surface area (Å²) in [5.41, 5.74) is 13.5. The maximum Gasteiger partial charge on any atom is 0.472 e. The average molecular weight is 2270 g/mol. The number of fused-ring (bicyclic) bond motifs is 2. The van der Waals surface area contributed by atoms with Crippen LogP contribution < -0.4 is 56.6 Å². The summed E-state index contributed by atoms with van der Waals surface area (Å²) in [6.07, 6.45) is -22.7. The number of aliphatic hydroxyl groups excluding tert-OH is 1. The van der Waals surface area contributed by atoms with Crippen molar-refractivity contribution >= 4 is 122 Å². The lowest BCUT2D eigenvalue weighted by molar-refractivity contribution is -0.0839. The van der Waals surface area contributed by atoms with Gasteiger partial charge in [-0.25, -0.2) is 58.2 Å². The van der Waals surface area contributed by atoms with Crippen LogP contribution in [0, 0.1) is 27.7 Å². The van der Waals surface area contributed by atoms with E-state index in [2.05, 4.69) is 62.1 Å². The molecule has 28 atom stereocenters. The van der Waals surface area contributed by atoms with Gasteiger partial charge in [-0.15, -0.1) is 0 Å². The summed E-state index contributed by atoms with van der Waals surface area (Å²) in [4.78, 5) is 179. The summed E-state index contributed by atoms with van der Waals surface area (Å²) >= 11 is 21.8. The van der Waals surface area contributed by atoms with E-state index in [9.17, 15) is 58.2 Å². The molecule has 0 spiro atoms. The Bertz CT molecular complexity index is 6590. The molecule has 0 bridgehead atoms. The number of imidazole rings is 2. The molecule has 6 saturated heterocycles. The lowest BCUT2D eigenvalue weighted by Gasteiger charge is -2.30. The van der Waals surface area contributed by atoms with Crippen molar-refractivity contribution in [1.82, 2.24) is 77.2 Å². The fraction of sp³-hybridized carbons (Fsp3) is 0.675. The summed E-state index contributed by atoms with van der Waals surface area (Å²) < 4.78 is 197. The number of nitrogens with zero attached hydrogens (tertiary/aromatic N) is 13. The number of hydrogen-bond donors (Lipinski definition) is 12. The van der Waals surface area contributed by atoms with Crippen LogP contribution in [0.4, 0.5) is 17.5 Å². The first-order chi connectivity index (χ1) is 70.5. The highest BCUT2D eigenvalue weighted by molar-refractivity contribution is 8.44. The highest BCUT2D eigenvalue weighted by Crippen LogP contribution is 2.60. The number of nitrogens with two attached hydrogens (primary N) is 3. The van der Waals surface area contributed by atoms with Crippen molar-refractivity contribution in [2.24, 2.45) is 0 Å². The number of methoxy groups -OCH3 is 5. The van der Waals surface area contributed by atoms with Gasteiger partial charge in [0.2, 0.25) is 0 Å². The Morgan fingerprint density at radius 2 is 0.777 bits per heavy atom. The zero-order valence-electron chi connectivity index (χ0n) is 81.2. The van der Waals surface area contributed by atoms with E-state index in [1.54, 1.807) is 6.92 Å². The summed E-state index contributed by atoms with van der Waals surface area (Å²) in [6.45, 7) is -18.2. The molecule has 0 radical (unpaired) electrons. The number of unbranched alkanes of at least 4 members (excludes halogenated alkanes) is 3. The molecule has 16 unspecified atom stereocenters. The van der Waals surface area contributed by atoms with Crippen LogP contribution in [0.2, 0.25) is 0 Å². The highest BCUT2D eigenvalue weighted by Gasteiger charge is 2.59. The van der Waals surface area contributed by atoms with Crippen LogP contribution in [0.25, 0.3) is 22.3 Å². The molecule has 68 heteroatoms. The molecular weight excluding hydrogens is 2150 g/mol. The normalized spacial score (nSPS) is 28.8. The first-order valence-electron chi connectivity index (χ1n) is 46.1. The molecule has 14 rings (SSSR count). The first-order valence-corrected chi connectivity index (χ1v) is 58.1. The Labute approximate surface area is 861 Å². The molecule has 8 aromatic rings. The second kappa shape index (κ2) is 51.5. The van der Waals surface area contributed by atoms with E-state index in [1.807, 2.05) is 6.92 Å². The number of ether oxygens (including phenoxy) is 16. The third-order valence-electron chi connectivity index (χ3n) is 24.3. The van der Waals surface area contributed by atoms with Gasteiger partial charge >= 0.3 is 57.5 Å². The largest absolute Gasteiger partial charge is 0.472 e. The Morgan fingerprint density at radius 3 is 1.22 bits per heavy atom. The van der Waals surface area contributed by atoms with Gasteiger partial charge in [0, 0.05) is 89.0 Å². The molecule has 0 aliphatic carbocycles. The molecule has 0 amide bonds. The average Bonchev–Trinajstić information content (AvgIpc) is 1.61. The number of nitrogen functional groups attached to an aromatic ring is 3. The van der Waals surface area contributed by atoms with Gasteiger partial charge in [-0.05, 0) is 69.5 Å². The molecule has 6 aliphatic rings.